The standard InChI is InChI=1S/C23H25N3O5S/c1-17-6-3-4-7-21(17)32(28,29)26-19-9-11-20(12-10-19)31-22-13-8-18(16-25-22)23(27)24-14-5-15-30-2/h3-4,6-13,16,26H,5,14-15H2,1-2H3,(H,24,27). The second-order valence-electron chi connectivity index (χ2n) is 6.98. The molecular weight excluding hydrogens is 430 g/mol. The van der Waals surface area contributed by atoms with Gasteiger partial charge in [-0.3, -0.25) is 9.52 Å². The van der Waals surface area contributed by atoms with E-state index in [-0.39, 0.29) is 10.8 Å². The molecule has 2 N–H and O–H groups in total. The summed E-state index contributed by atoms with van der Waals surface area (Å²) >= 11 is 0. The molecule has 0 aliphatic carbocycles. The first kappa shape index (κ1) is 23.2. The van der Waals surface area contributed by atoms with E-state index in [0.717, 1.165) is 6.42 Å². The Morgan fingerprint density at radius 3 is 2.44 bits per heavy atom. The van der Waals surface area contributed by atoms with Gasteiger partial charge in [0.15, 0.2) is 0 Å². The minimum atomic E-state index is -3.69. The molecule has 2 aromatic carbocycles. The first-order valence-corrected chi connectivity index (χ1v) is 11.5. The van der Waals surface area contributed by atoms with Crippen LogP contribution in [0.15, 0.2) is 71.8 Å². The van der Waals surface area contributed by atoms with Gasteiger partial charge in [-0.2, -0.15) is 0 Å². The molecule has 9 heteroatoms. The highest BCUT2D eigenvalue weighted by Crippen LogP contribution is 2.24. The SMILES string of the molecule is COCCCNC(=O)c1ccc(Oc2ccc(NS(=O)(=O)c3ccccc3C)cc2)nc1. The Kier molecular flexibility index (Phi) is 7.80. The second-order valence-corrected chi connectivity index (χ2v) is 8.64. The maximum Gasteiger partial charge on any atom is 0.262 e. The van der Waals surface area contributed by atoms with Crippen LogP contribution < -0.4 is 14.8 Å². The number of benzene rings is 2. The van der Waals surface area contributed by atoms with Crippen molar-refractivity contribution >= 4 is 21.6 Å². The molecule has 0 aliphatic rings. The summed E-state index contributed by atoms with van der Waals surface area (Å²) in [4.78, 5) is 16.4. The number of nitrogens with zero attached hydrogens (tertiary/aromatic N) is 1. The maximum absolute atomic E-state index is 12.6. The van der Waals surface area contributed by atoms with Crippen LogP contribution in [0.2, 0.25) is 0 Å². The quantitative estimate of drug-likeness (QED) is 0.451. The lowest BCUT2D eigenvalue weighted by atomic mass is 10.2. The molecule has 3 rings (SSSR count). The summed E-state index contributed by atoms with van der Waals surface area (Å²) < 4.78 is 38.4. The Labute approximate surface area is 187 Å². The zero-order valence-corrected chi connectivity index (χ0v) is 18.7. The highest BCUT2D eigenvalue weighted by atomic mass is 32.2. The van der Waals surface area contributed by atoms with Crippen molar-refractivity contribution in [1.82, 2.24) is 10.3 Å². The number of methoxy groups -OCH3 is 1. The fraction of sp³-hybridized carbons (Fsp3) is 0.217. The fourth-order valence-corrected chi connectivity index (χ4v) is 4.18. The van der Waals surface area contributed by atoms with E-state index in [1.54, 1.807) is 74.7 Å². The molecule has 0 unspecified atom stereocenters. The monoisotopic (exact) mass is 455 g/mol. The van der Waals surface area contributed by atoms with Crippen LogP contribution in [-0.4, -0.2) is 39.6 Å². The Hall–Kier alpha value is -3.43. The van der Waals surface area contributed by atoms with Crippen molar-refractivity contribution in [3.63, 3.8) is 0 Å². The zero-order valence-electron chi connectivity index (χ0n) is 17.9. The van der Waals surface area contributed by atoms with Gasteiger partial charge in [0.05, 0.1) is 10.5 Å². The van der Waals surface area contributed by atoms with Gasteiger partial charge in [-0.05, 0) is 55.3 Å². The van der Waals surface area contributed by atoms with E-state index in [0.29, 0.717) is 41.6 Å². The molecule has 0 fully saturated rings. The van der Waals surface area contributed by atoms with E-state index in [4.69, 9.17) is 9.47 Å². The van der Waals surface area contributed by atoms with Gasteiger partial charge in [-0.1, -0.05) is 18.2 Å². The van der Waals surface area contributed by atoms with Crippen LogP contribution in [0.5, 0.6) is 11.6 Å². The van der Waals surface area contributed by atoms with Crippen LogP contribution in [0.3, 0.4) is 0 Å². The van der Waals surface area contributed by atoms with Crippen molar-refractivity contribution in [3.8, 4) is 11.6 Å². The molecule has 0 aliphatic heterocycles. The number of hydrogen-bond acceptors (Lipinski definition) is 6. The van der Waals surface area contributed by atoms with Crippen molar-refractivity contribution in [3.05, 3.63) is 78.0 Å². The summed E-state index contributed by atoms with van der Waals surface area (Å²) in [5.74, 6) is 0.577. The maximum atomic E-state index is 12.6. The molecular formula is C23H25N3O5S. The van der Waals surface area contributed by atoms with Gasteiger partial charge in [0.1, 0.15) is 5.75 Å². The van der Waals surface area contributed by atoms with Crippen LogP contribution in [-0.2, 0) is 14.8 Å². The highest BCUT2D eigenvalue weighted by Gasteiger charge is 2.16. The van der Waals surface area contributed by atoms with E-state index in [1.165, 1.54) is 6.20 Å². The van der Waals surface area contributed by atoms with Crippen LogP contribution >= 0.6 is 0 Å². The number of rotatable bonds is 10. The number of carbonyl (C=O) groups excluding carboxylic acids is 1. The van der Waals surface area contributed by atoms with Gasteiger partial charge >= 0.3 is 0 Å². The molecule has 0 spiro atoms. The number of nitrogens with one attached hydrogen (secondary N) is 2. The normalized spacial score (nSPS) is 11.1. The van der Waals surface area contributed by atoms with Crippen molar-refractivity contribution in [2.45, 2.75) is 18.2 Å². The minimum absolute atomic E-state index is 0.217. The smallest absolute Gasteiger partial charge is 0.262 e. The summed E-state index contributed by atoms with van der Waals surface area (Å²) in [5, 5.41) is 2.79. The molecule has 0 bridgehead atoms. The Morgan fingerprint density at radius 1 is 1.03 bits per heavy atom. The third-order valence-electron chi connectivity index (χ3n) is 4.52. The van der Waals surface area contributed by atoms with Crippen LogP contribution in [0.4, 0.5) is 5.69 Å². The van der Waals surface area contributed by atoms with E-state index in [1.807, 2.05) is 0 Å². The first-order valence-electron chi connectivity index (χ1n) is 9.98. The predicted molar refractivity (Wildman–Crippen MR) is 122 cm³/mol. The van der Waals surface area contributed by atoms with Crippen molar-refractivity contribution in [2.24, 2.45) is 0 Å². The van der Waals surface area contributed by atoms with Crippen LogP contribution in [0.1, 0.15) is 22.3 Å². The van der Waals surface area contributed by atoms with Crippen molar-refractivity contribution in [2.75, 3.05) is 25.0 Å². The molecule has 3 aromatic rings. The summed E-state index contributed by atoms with van der Waals surface area (Å²) in [6.07, 6.45) is 2.17. The number of pyridine rings is 1. The van der Waals surface area contributed by atoms with E-state index < -0.39 is 10.0 Å². The first-order chi connectivity index (χ1) is 15.4. The average molecular weight is 456 g/mol. The topological polar surface area (TPSA) is 107 Å². The van der Waals surface area contributed by atoms with Gasteiger partial charge < -0.3 is 14.8 Å². The Bertz CT molecular complexity index is 1150. The third-order valence-corrected chi connectivity index (χ3v) is 6.06. The van der Waals surface area contributed by atoms with Crippen LogP contribution in [0, 0.1) is 6.92 Å². The second kappa shape index (κ2) is 10.7. The summed E-state index contributed by atoms with van der Waals surface area (Å²) in [6, 6.07) is 16.5. The molecule has 0 atom stereocenters. The molecule has 0 saturated carbocycles. The molecule has 1 aromatic heterocycles. The minimum Gasteiger partial charge on any atom is -0.439 e. The molecule has 8 nitrogen and oxygen atoms in total. The van der Waals surface area contributed by atoms with Gasteiger partial charge in [0.25, 0.3) is 15.9 Å². The van der Waals surface area contributed by atoms with E-state index in [2.05, 4.69) is 15.0 Å². The number of anilines is 1. The molecule has 0 radical (unpaired) electrons. The van der Waals surface area contributed by atoms with Gasteiger partial charge in [-0.15, -0.1) is 0 Å². The summed E-state index contributed by atoms with van der Waals surface area (Å²) in [6.45, 7) is 2.84. The lowest BCUT2D eigenvalue weighted by Gasteiger charge is -2.11. The number of ether oxygens (including phenoxy) is 2. The average Bonchev–Trinajstić information content (AvgIpc) is 2.78. The molecule has 1 heterocycles. The van der Waals surface area contributed by atoms with E-state index in [9.17, 15) is 13.2 Å². The number of sulfonamides is 1. The molecule has 32 heavy (non-hydrogen) atoms. The molecule has 0 saturated heterocycles. The fourth-order valence-electron chi connectivity index (χ4n) is 2.88. The number of carbonyl (C=O) groups is 1. The van der Waals surface area contributed by atoms with Gasteiger partial charge in [0, 0.05) is 38.2 Å². The summed E-state index contributed by atoms with van der Waals surface area (Å²) in [7, 11) is -2.07. The van der Waals surface area contributed by atoms with Crippen molar-refractivity contribution < 1.29 is 22.7 Å². The zero-order chi connectivity index (χ0) is 23.0. The highest BCUT2D eigenvalue weighted by molar-refractivity contribution is 7.92. The lowest BCUT2D eigenvalue weighted by Crippen LogP contribution is -2.25. The van der Waals surface area contributed by atoms with Gasteiger partial charge in [0.2, 0.25) is 5.88 Å². The summed E-state index contributed by atoms with van der Waals surface area (Å²) in [5.41, 5.74) is 1.50. The van der Waals surface area contributed by atoms with E-state index >= 15 is 0 Å². The van der Waals surface area contributed by atoms with Crippen molar-refractivity contribution in [1.29, 1.82) is 0 Å². The largest absolute Gasteiger partial charge is 0.439 e. The lowest BCUT2D eigenvalue weighted by molar-refractivity contribution is 0.0948. The Morgan fingerprint density at radius 2 is 1.78 bits per heavy atom. The number of aromatic nitrogens is 1. The third kappa shape index (κ3) is 6.29. The number of amides is 1. The number of aryl methyl sites for hydroxylation is 1. The predicted octanol–water partition coefficient (Wildman–Crippen LogP) is 3.75. The van der Waals surface area contributed by atoms with Crippen LogP contribution in [0.25, 0.3) is 0 Å². The molecule has 1 amide bonds. The van der Waals surface area contributed by atoms with Gasteiger partial charge in [-0.25, -0.2) is 13.4 Å². The Balaban J connectivity index is 1.59. The molecule has 168 valence electrons. The number of hydrogen-bond donors (Lipinski definition) is 2.